The van der Waals surface area contributed by atoms with Gasteiger partial charge in [-0.05, 0) is 85.9 Å². The third-order valence-corrected chi connectivity index (χ3v) is 10.9. The lowest BCUT2D eigenvalue weighted by atomic mass is 9.79. The molecule has 2 saturated heterocycles. The molecule has 6 nitrogen and oxygen atoms in total. The van der Waals surface area contributed by atoms with Crippen molar-refractivity contribution in [2.24, 2.45) is 11.8 Å². The van der Waals surface area contributed by atoms with Gasteiger partial charge in [-0.25, -0.2) is 8.42 Å². The molecule has 41 heavy (non-hydrogen) atoms. The normalized spacial score (nSPS) is 18.0. The van der Waals surface area contributed by atoms with Gasteiger partial charge in [-0.15, -0.1) is 0 Å². The van der Waals surface area contributed by atoms with Gasteiger partial charge >= 0.3 is 0 Å². The Morgan fingerprint density at radius 2 is 1.51 bits per heavy atom. The molecular weight excluding hydrogens is 554 g/mol. The fourth-order valence-corrected chi connectivity index (χ4v) is 8.00. The van der Waals surface area contributed by atoms with Crippen LogP contribution in [0.15, 0.2) is 83.8 Å². The van der Waals surface area contributed by atoms with Crippen molar-refractivity contribution < 1.29 is 13.2 Å². The lowest BCUT2D eigenvalue weighted by molar-refractivity contribution is -0.133. The van der Waals surface area contributed by atoms with Crippen LogP contribution in [0.2, 0.25) is 5.02 Å². The fraction of sp³-hybridized carbons (Fsp3) is 0.424. The molecule has 2 fully saturated rings. The third kappa shape index (κ3) is 7.20. The van der Waals surface area contributed by atoms with Crippen LogP contribution in [0.3, 0.4) is 0 Å². The molecule has 2 aliphatic heterocycles. The SMILES string of the molecule is C[C@H](CN(CC(=O)N1CCC(C2CCNCC2)CC1)S(=O)(=O)c1ccc(-c2ccccc2Cl)cc1)c1ccccc1. The van der Waals surface area contributed by atoms with Crippen LogP contribution in [0.5, 0.6) is 0 Å². The van der Waals surface area contributed by atoms with Crippen LogP contribution in [0.25, 0.3) is 11.1 Å². The predicted octanol–water partition coefficient (Wildman–Crippen LogP) is 6.04. The van der Waals surface area contributed by atoms with E-state index in [0.29, 0.717) is 24.0 Å². The maximum absolute atomic E-state index is 14.0. The largest absolute Gasteiger partial charge is 0.342 e. The van der Waals surface area contributed by atoms with E-state index in [4.69, 9.17) is 11.6 Å². The highest BCUT2D eigenvalue weighted by Crippen LogP contribution is 2.32. The zero-order chi connectivity index (χ0) is 28.8. The van der Waals surface area contributed by atoms with Crippen molar-refractivity contribution in [3.63, 3.8) is 0 Å². The van der Waals surface area contributed by atoms with E-state index in [0.717, 1.165) is 48.5 Å². The first-order chi connectivity index (χ1) is 19.8. The zero-order valence-corrected chi connectivity index (χ0v) is 25.3. The molecule has 2 heterocycles. The van der Waals surface area contributed by atoms with Crippen LogP contribution >= 0.6 is 11.6 Å². The number of amides is 1. The summed E-state index contributed by atoms with van der Waals surface area (Å²) in [6.07, 6.45) is 4.40. The minimum absolute atomic E-state index is 0.0770. The van der Waals surface area contributed by atoms with E-state index in [1.54, 1.807) is 24.3 Å². The molecule has 0 aliphatic carbocycles. The van der Waals surface area contributed by atoms with E-state index in [-0.39, 0.29) is 29.8 Å². The number of carbonyl (C=O) groups excluding carboxylic acids is 1. The lowest BCUT2D eigenvalue weighted by Crippen LogP contribution is -2.47. The summed E-state index contributed by atoms with van der Waals surface area (Å²) in [6, 6.07) is 24.1. The maximum Gasteiger partial charge on any atom is 0.243 e. The topological polar surface area (TPSA) is 69.7 Å². The Balaban J connectivity index is 1.33. The summed E-state index contributed by atoms with van der Waals surface area (Å²) in [5.74, 6) is 1.18. The number of sulfonamides is 1. The summed E-state index contributed by atoms with van der Waals surface area (Å²) in [4.78, 5) is 15.6. The molecule has 3 aromatic rings. The molecule has 1 amide bonds. The van der Waals surface area contributed by atoms with Crippen molar-refractivity contribution in [3.05, 3.63) is 89.4 Å². The second kappa shape index (κ2) is 13.5. The van der Waals surface area contributed by atoms with Gasteiger partial charge in [-0.3, -0.25) is 4.79 Å². The van der Waals surface area contributed by atoms with Crippen LogP contribution in [0.1, 0.15) is 44.1 Å². The Morgan fingerprint density at radius 1 is 0.902 bits per heavy atom. The van der Waals surface area contributed by atoms with Gasteiger partial charge in [-0.1, -0.05) is 79.2 Å². The highest BCUT2D eigenvalue weighted by Gasteiger charge is 2.33. The van der Waals surface area contributed by atoms with E-state index >= 15 is 0 Å². The van der Waals surface area contributed by atoms with E-state index in [9.17, 15) is 13.2 Å². The van der Waals surface area contributed by atoms with Gasteiger partial charge in [0.2, 0.25) is 15.9 Å². The maximum atomic E-state index is 14.0. The number of benzene rings is 3. The molecule has 0 radical (unpaired) electrons. The Morgan fingerprint density at radius 3 is 2.17 bits per heavy atom. The van der Waals surface area contributed by atoms with Gasteiger partial charge in [0.05, 0.1) is 11.4 Å². The van der Waals surface area contributed by atoms with Crippen LogP contribution in [0.4, 0.5) is 0 Å². The van der Waals surface area contributed by atoms with Crippen molar-refractivity contribution in [2.45, 2.75) is 43.4 Å². The predicted molar refractivity (Wildman–Crippen MR) is 165 cm³/mol. The van der Waals surface area contributed by atoms with Crippen LogP contribution < -0.4 is 5.32 Å². The van der Waals surface area contributed by atoms with Crippen molar-refractivity contribution in [1.82, 2.24) is 14.5 Å². The standard InChI is InChI=1S/C33H40ClN3O3S/c1-25(26-7-3-2-4-8-26)23-37(24-33(38)36-21-17-28(18-22-36)27-15-19-35-20-16-27)41(39,40)30-13-11-29(12-14-30)31-9-5-6-10-32(31)34/h2-14,25,27-28,35H,15-24H2,1H3/t25-/m1/s1. The highest BCUT2D eigenvalue weighted by molar-refractivity contribution is 7.89. The van der Waals surface area contributed by atoms with E-state index in [2.05, 4.69) is 5.32 Å². The van der Waals surface area contributed by atoms with E-state index < -0.39 is 10.0 Å². The number of rotatable bonds is 9. The average Bonchev–Trinajstić information content (AvgIpc) is 3.02. The van der Waals surface area contributed by atoms with Crippen LogP contribution in [0, 0.1) is 11.8 Å². The molecule has 0 bridgehead atoms. The molecule has 5 rings (SSSR count). The Kier molecular flexibility index (Phi) is 9.81. The number of carbonyl (C=O) groups is 1. The van der Waals surface area contributed by atoms with Crippen molar-refractivity contribution in [3.8, 4) is 11.1 Å². The summed E-state index contributed by atoms with van der Waals surface area (Å²) >= 11 is 6.37. The summed E-state index contributed by atoms with van der Waals surface area (Å²) in [5.41, 5.74) is 2.72. The first-order valence-electron chi connectivity index (χ1n) is 14.7. The number of halogens is 1. The van der Waals surface area contributed by atoms with Crippen molar-refractivity contribution in [1.29, 1.82) is 0 Å². The van der Waals surface area contributed by atoms with Crippen molar-refractivity contribution >= 4 is 27.5 Å². The molecule has 3 aromatic carbocycles. The molecule has 2 aliphatic rings. The van der Waals surface area contributed by atoms with Gasteiger partial charge in [0.1, 0.15) is 0 Å². The highest BCUT2D eigenvalue weighted by atomic mass is 35.5. The first-order valence-corrected chi connectivity index (χ1v) is 16.5. The number of likely N-dealkylation sites (tertiary alicyclic amines) is 1. The van der Waals surface area contributed by atoms with Crippen molar-refractivity contribution in [2.75, 3.05) is 39.3 Å². The Bertz CT molecular complexity index is 1400. The summed E-state index contributed by atoms with van der Waals surface area (Å²) in [5, 5.41) is 4.05. The molecule has 8 heteroatoms. The smallest absolute Gasteiger partial charge is 0.243 e. The van der Waals surface area contributed by atoms with Gasteiger partial charge in [0.15, 0.2) is 0 Å². The monoisotopic (exact) mass is 593 g/mol. The van der Waals surface area contributed by atoms with Crippen LogP contribution in [-0.2, 0) is 14.8 Å². The summed E-state index contributed by atoms with van der Waals surface area (Å²) in [7, 11) is -3.93. The minimum atomic E-state index is -3.93. The quantitative estimate of drug-likeness (QED) is 0.328. The Hall–Kier alpha value is -2.71. The molecule has 0 aromatic heterocycles. The van der Waals surface area contributed by atoms with Gasteiger partial charge in [0.25, 0.3) is 0 Å². The third-order valence-electron chi connectivity index (χ3n) is 8.78. The molecule has 0 spiro atoms. The van der Waals surface area contributed by atoms with Gasteiger partial charge in [0, 0.05) is 30.2 Å². The molecule has 0 saturated carbocycles. The number of hydrogen-bond donors (Lipinski definition) is 1. The average molecular weight is 594 g/mol. The summed E-state index contributed by atoms with van der Waals surface area (Å²) in [6.45, 7) is 5.61. The summed E-state index contributed by atoms with van der Waals surface area (Å²) < 4.78 is 29.4. The van der Waals surface area contributed by atoms with E-state index in [1.807, 2.05) is 66.4 Å². The number of nitrogens with one attached hydrogen (secondary N) is 1. The van der Waals surface area contributed by atoms with Gasteiger partial charge in [-0.2, -0.15) is 4.31 Å². The molecule has 1 N–H and O–H groups in total. The van der Waals surface area contributed by atoms with Crippen LogP contribution in [-0.4, -0.2) is 62.8 Å². The second-order valence-electron chi connectivity index (χ2n) is 11.4. The number of piperidine rings is 2. The first kappa shape index (κ1) is 29.8. The molecular formula is C33H40ClN3O3S. The molecule has 218 valence electrons. The molecule has 0 unspecified atom stereocenters. The van der Waals surface area contributed by atoms with Gasteiger partial charge < -0.3 is 10.2 Å². The Labute approximate surface area is 249 Å². The fourth-order valence-electron chi connectivity index (χ4n) is 6.28. The lowest BCUT2D eigenvalue weighted by Gasteiger charge is -2.38. The molecule has 1 atom stereocenters. The van der Waals surface area contributed by atoms with E-state index in [1.165, 1.54) is 17.1 Å². The number of hydrogen-bond acceptors (Lipinski definition) is 4. The minimum Gasteiger partial charge on any atom is -0.342 e. The zero-order valence-electron chi connectivity index (χ0n) is 23.7. The number of nitrogens with zero attached hydrogens (tertiary/aromatic N) is 2. The second-order valence-corrected chi connectivity index (χ2v) is 13.8.